The second kappa shape index (κ2) is 18.4. The zero-order valence-electron chi connectivity index (χ0n) is 31.5. The molecule has 1 aromatic heterocycles. The van der Waals surface area contributed by atoms with Gasteiger partial charge in [0.25, 0.3) is 5.91 Å². The van der Waals surface area contributed by atoms with Crippen LogP contribution in [0.15, 0.2) is 24.3 Å². The highest BCUT2D eigenvalue weighted by Gasteiger charge is 2.36. The molecule has 0 aliphatic carbocycles. The Morgan fingerprint density at radius 1 is 0.827 bits per heavy atom. The van der Waals surface area contributed by atoms with E-state index >= 15 is 0 Å². The largest absolute Gasteiger partial charge is 0.465 e. The number of benzene rings is 1. The van der Waals surface area contributed by atoms with Crippen molar-refractivity contribution in [1.82, 2.24) is 20.4 Å². The third-order valence-corrected chi connectivity index (χ3v) is 10.5. The summed E-state index contributed by atoms with van der Waals surface area (Å²) in [5.41, 5.74) is 7.03. The zero-order chi connectivity index (χ0) is 39.0. The van der Waals surface area contributed by atoms with Crippen molar-refractivity contribution >= 4 is 51.8 Å². The van der Waals surface area contributed by atoms with Gasteiger partial charge >= 0.3 is 5.97 Å². The maximum absolute atomic E-state index is 13.8. The number of esters is 1. The molecule has 13 nitrogen and oxygen atoms in total. The van der Waals surface area contributed by atoms with Gasteiger partial charge in [-0.05, 0) is 54.4 Å². The van der Waals surface area contributed by atoms with E-state index in [1.807, 2.05) is 34.6 Å². The number of nitrogens with one attached hydrogen (secondary N) is 3. The number of nitrogens with two attached hydrogens (primary N) is 1. The number of halogens is 1. The van der Waals surface area contributed by atoms with Crippen molar-refractivity contribution < 1.29 is 37.9 Å². The Morgan fingerprint density at radius 2 is 1.37 bits per heavy atom. The van der Waals surface area contributed by atoms with Crippen molar-refractivity contribution in [2.75, 3.05) is 38.6 Å². The summed E-state index contributed by atoms with van der Waals surface area (Å²) >= 11 is 0.971. The van der Waals surface area contributed by atoms with Crippen LogP contribution in [0.25, 0.3) is 0 Å². The first-order chi connectivity index (χ1) is 24.4. The Kier molecular flexibility index (Phi) is 14.9. The lowest BCUT2D eigenvalue weighted by molar-refractivity contribution is -0.140. The van der Waals surface area contributed by atoms with Crippen LogP contribution in [-0.4, -0.2) is 96.7 Å². The quantitative estimate of drug-likeness (QED) is 0.212. The van der Waals surface area contributed by atoms with E-state index in [1.165, 1.54) is 31.4 Å². The van der Waals surface area contributed by atoms with E-state index in [2.05, 4.69) is 16.0 Å². The molecule has 2 heterocycles. The molecule has 1 aliphatic heterocycles. The number of nitrogens with zero attached hydrogens (tertiary/aromatic N) is 2. The Morgan fingerprint density at radius 3 is 1.87 bits per heavy atom. The molecule has 0 saturated carbocycles. The van der Waals surface area contributed by atoms with Gasteiger partial charge in [-0.2, -0.15) is 0 Å². The maximum Gasteiger partial charge on any atom is 0.341 e. The monoisotopic (exact) mass is 744 g/mol. The number of piperazine rings is 1. The average molecular weight is 745 g/mol. The number of amides is 5. The zero-order valence-corrected chi connectivity index (χ0v) is 32.3. The molecular weight excluding hydrogens is 692 g/mol. The number of carbonyl (C=O) groups is 6. The summed E-state index contributed by atoms with van der Waals surface area (Å²) in [6.07, 6.45) is 0.410. The van der Waals surface area contributed by atoms with Gasteiger partial charge in [-0.1, -0.05) is 60.6 Å². The number of anilines is 1. The molecule has 1 aliphatic rings. The average Bonchev–Trinajstić information content (AvgIpc) is 3.43. The fourth-order valence-electron chi connectivity index (χ4n) is 5.93. The van der Waals surface area contributed by atoms with Crippen LogP contribution >= 0.6 is 11.3 Å². The van der Waals surface area contributed by atoms with Crippen LogP contribution in [-0.2, 0) is 23.9 Å². The van der Waals surface area contributed by atoms with Gasteiger partial charge in [-0.15, -0.1) is 11.3 Å². The van der Waals surface area contributed by atoms with Crippen molar-refractivity contribution in [3.63, 3.8) is 0 Å². The van der Waals surface area contributed by atoms with E-state index in [9.17, 15) is 33.2 Å². The lowest BCUT2D eigenvalue weighted by atomic mass is 9.95. The molecular formula is C37H53FN6O7S. The molecule has 2 aromatic rings. The Balaban J connectivity index is 1.74. The van der Waals surface area contributed by atoms with Crippen molar-refractivity contribution in [1.29, 1.82) is 0 Å². The van der Waals surface area contributed by atoms with E-state index in [-0.39, 0.29) is 71.2 Å². The van der Waals surface area contributed by atoms with Gasteiger partial charge in [0.2, 0.25) is 23.6 Å². The normalized spacial score (nSPS) is 15.6. The molecule has 5 N–H and O–H groups in total. The summed E-state index contributed by atoms with van der Waals surface area (Å²) in [6, 6.07) is 3.07. The number of hydrogen-bond donors (Lipinski definition) is 4. The van der Waals surface area contributed by atoms with E-state index in [0.717, 1.165) is 11.3 Å². The molecule has 52 heavy (non-hydrogen) atoms. The molecule has 0 bridgehead atoms. The molecule has 0 spiro atoms. The first-order valence-corrected chi connectivity index (χ1v) is 18.5. The fourth-order valence-corrected chi connectivity index (χ4v) is 7.10. The van der Waals surface area contributed by atoms with Crippen LogP contribution in [0, 0.1) is 30.5 Å². The third-order valence-electron chi connectivity index (χ3n) is 9.34. The van der Waals surface area contributed by atoms with E-state index in [1.54, 1.807) is 30.6 Å². The predicted octanol–water partition coefficient (Wildman–Crippen LogP) is 3.66. The second-order valence-electron chi connectivity index (χ2n) is 14.1. The van der Waals surface area contributed by atoms with Crippen molar-refractivity contribution in [3.05, 3.63) is 51.7 Å². The van der Waals surface area contributed by atoms with Crippen LogP contribution < -0.4 is 21.7 Å². The number of rotatable bonds is 14. The summed E-state index contributed by atoms with van der Waals surface area (Å²) in [5, 5.41) is 8.55. The summed E-state index contributed by atoms with van der Waals surface area (Å²) in [4.78, 5) is 83.3. The SMILES string of the molecule is CCC(C(=O)Nc1sc(C(=O)N2CCN(C(=O)[C@@H](NC(=O)[C@@H](NC(=O)[C@@H](N)C(C)C)C(C)C)C(C)C)CC2)c(C)c1C(=O)OC)c1ccc(F)cc1. The van der Waals surface area contributed by atoms with E-state index < -0.39 is 53.6 Å². The van der Waals surface area contributed by atoms with Crippen LogP contribution in [0.2, 0.25) is 0 Å². The Bertz CT molecular complexity index is 1620. The minimum absolute atomic E-state index is 0.0737. The maximum atomic E-state index is 13.8. The van der Waals surface area contributed by atoms with Crippen LogP contribution in [0.3, 0.4) is 0 Å². The lowest BCUT2D eigenvalue weighted by Gasteiger charge is -2.37. The van der Waals surface area contributed by atoms with Gasteiger partial charge in [-0.3, -0.25) is 24.0 Å². The first-order valence-electron chi connectivity index (χ1n) is 17.7. The number of methoxy groups -OCH3 is 1. The smallest absolute Gasteiger partial charge is 0.341 e. The van der Waals surface area contributed by atoms with E-state index in [0.29, 0.717) is 17.5 Å². The van der Waals surface area contributed by atoms with Crippen molar-refractivity contribution in [3.8, 4) is 0 Å². The summed E-state index contributed by atoms with van der Waals surface area (Å²) in [6.45, 7) is 15.1. The number of carbonyl (C=O) groups excluding carboxylic acids is 6. The molecule has 1 fully saturated rings. The van der Waals surface area contributed by atoms with E-state index in [4.69, 9.17) is 10.5 Å². The highest BCUT2D eigenvalue weighted by Crippen LogP contribution is 2.36. The topological polar surface area (TPSA) is 180 Å². The highest BCUT2D eigenvalue weighted by atomic mass is 32.1. The predicted molar refractivity (Wildman–Crippen MR) is 197 cm³/mol. The Labute approximate surface area is 309 Å². The second-order valence-corrected chi connectivity index (χ2v) is 15.1. The van der Waals surface area contributed by atoms with Crippen LogP contribution in [0.5, 0.6) is 0 Å². The molecule has 1 saturated heterocycles. The first kappa shape index (κ1) is 42.0. The van der Waals surface area contributed by atoms with Crippen molar-refractivity contribution in [2.24, 2.45) is 23.5 Å². The van der Waals surface area contributed by atoms with Gasteiger partial charge in [0.05, 0.1) is 29.5 Å². The Hall–Kier alpha value is -4.37. The number of hydrogen-bond acceptors (Lipinski definition) is 9. The molecule has 1 aromatic carbocycles. The minimum atomic E-state index is -0.893. The molecule has 3 rings (SSSR count). The number of ether oxygens (including phenoxy) is 1. The molecule has 0 radical (unpaired) electrons. The molecule has 15 heteroatoms. The summed E-state index contributed by atoms with van der Waals surface area (Å²) in [7, 11) is 1.21. The van der Waals surface area contributed by atoms with Crippen molar-refractivity contribution in [2.45, 2.75) is 85.9 Å². The molecule has 4 atom stereocenters. The minimum Gasteiger partial charge on any atom is -0.465 e. The van der Waals surface area contributed by atoms with Crippen LogP contribution in [0.1, 0.15) is 92.0 Å². The molecule has 5 amide bonds. The van der Waals surface area contributed by atoms with Gasteiger partial charge in [0.15, 0.2) is 0 Å². The standard InChI is InChI=1S/C37H53FN6O7S/c1-10-25(23-11-13-24(38)14-12-23)31(45)42-34-26(37(50)51-9)22(8)30(52-34)36(49)44-17-15-43(16-18-44)35(48)29(21(6)7)41-33(47)28(20(4)5)40-32(46)27(39)19(2)3/h11-14,19-21,25,27-29H,10,15-18,39H2,1-9H3,(H,40,46)(H,41,47)(H,42,45)/t25?,27-,28-,29-/m0/s1. The highest BCUT2D eigenvalue weighted by molar-refractivity contribution is 7.18. The molecule has 286 valence electrons. The van der Waals surface area contributed by atoms with Crippen LogP contribution in [0.4, 0.5) is 9.39 Å². The summed E-state index contributed by atoms with van der Waals surface area (Å²) < 4.78 is 18.5. The van der Waals surface area contributed by atoms with Gasteiger partial charge in [-0.25, -0.2) is 9.18 Å². The third kappa shape index (κ3) is 9.94. The lowest BCUT2D eigenvalue weighted by Crippen LogP contribution is -2.61. The number of thiophene rings is 1. The summed E-state index contributed by atoms with van der Waals surface area (Å²) in [5.74, 6) is -4.44. The fraction of sp³-hybridized carbons (Fsp3) is 0.568. The molecule has 1 unspecified atom stereocenters. The van der Waals surface area contributed by atoms with Gasteiger partial charge < -0.3 is 36.2 Å². The van der Waals surface area contributed by atoms with Gasteiger partial charge in [0.1, 0.15) is 22.9 Å². The van der Waals surface area contributed by atoms with Gasteiger partial charge in [0, 0.05) is 26.2 Å².